The second kappa shape index (κ2) is 4.61. The van der Waals surface area contributed by atoms with Crippen molar-refractivity contribution in [2.45, 2.75) is 13.5 Å². The summed E-state index contributed by atoms with van der Waals surface area (Å²) in [5.74, 6) is 1.20. The summed E-state index contributed by atoms with van der Waals surface area (Å²) in [7, 11) is 0. The third-order valence-corrected chi connectivity index (χ3v) is 2.07. The molecule has 0 saturated heterocycles. The number of nitrogens with one attached hydrogen (secondary N) is 2. The number of nitrogens with zero attached hydrogens (tertiary/aromatic N) is 3. The summed E-state index contributed by atoms with van der Waals surface area (Å²) in [4.78, 5) is 17.9. The highest BCUT2D eigenvalue weighted by molar-refractivity contribution is 5.32. The van der Waals surface area contributed by atoms with Crippen LogP contribution in [0, 0.1) is 6.92 Å². The second-order valence-corrected chi connectivity index (χ2v) is 3.41. The van der Waals surface area contributed by atoms with Crippen LogP contribution < -0.4 is 10.9 Å². The molecule has 0 amide bonds. The molecule has 0 unspecified atom stereocenters. The van der Waals surface area contributed by atoms with Gasteiger partial charge < -0.3 is 10.3 Å². The Labute approximate surface area is 92.3 Å². The first-order chi connectivity index (χ1) is 7.74. The summed E-state index contributed by atoms with van der Waals surface area (Å²) in [6, 6.07) is 3.31. The van der Waals surface area contributed by atoms with Crippen LogP contribution in [-0.4, -0.2) is 26.3 Å². The normalized spacial score (nSPS) is 10.3. The molecule has 2 aromatic heterocycles. The first kappa shape index (κ1) is 10.4. The lowest BCUT2D eigenvalue weighted by Crippen LogP contribution is -2.15. The Hall–Kier alpha value is -2.11. The van der Waals surface area contributed by atoms with E-state index in [-0.39, 0.29) is 5.56 Å². The molecule has 6 nitrogen and oxygen atoms in total. The van der Waals surface area contributed by atoms with Gasteiger partial charge in [0.15, 0.2) is 0 Å². The fourth-order valence-corrected chi connectivity index (χ4v) is 1.40. The van der Waals surface area contributed by atoms with Gasteiger partial charge in [-0.2, -0.15) is 5.10 Å². The highest BCUT2D eigenvalue weighted by Crippen LogP contribution is 1.97. The fraction of sp³-hybridized carbons (Fsp3) is 0.300. The third-order valence-electron chi connectivity index (χ3n) is 2.07. The predicted molar refractivity (Wildman–Crippen MR) is 60.3 cm³/mol. The summed E-state index contributed by atoms with van der Waals surface area (Å²) in [6.45, 7) is 3.16. The molecule has 0 bridgehead atoms. The molecule has 2 aromatic rings. The molecule has 0 radical (unpaired) electrons. The lowest BCUT2D eigenvalue weighted by molar-refractivity contribution is 0.637. The van der Waals surface area contributed by atoms with E-state index in [0.717, 1.165) is 6.54 Å². The second-order valence-electron chi connectivity index (χ2n) is 3.41. The maximum atomic E-state index is 11.1. The van der Waals surface area contributed by atoms with Crippen LogP contribution in [0.15, 0.2) is 29.3 Å². The monoisotopic (exact) mass is 219 g/mol. The van der Waals surface area contributed by atoms with E-state index in [1.807, 2.05) is 16.9 Å². The van der Waals surface area contributed by atoms with Gasteiger partial charge >= 0.3 is 0 Å². The van der Waals surface area contributed by atoms with E-state index in [4.69, 9.17) is 0 Å². The maximum Gasteiger partial charge on any atom is 0.252 e. The molecular formula is C10H13N5O. The summed E-state index contributed by atoms with van der Waals surface area (Å²) in [5, 5.41) is 7.14. The fourth-order valence-electron chi connectivity index (χ4n) is 1.40. The minimum absolute atomic E-state index is 0.144. The van der Waals surface area contributed by atoms with Gasteiger partial charge in [-0.1, -0.05) is 0 Å². The third kappa shape index (κ3) is 2.69. The number of anilines is 1. The van der Waals surface area contributed by atoms with Crippen molar-refractivity contribution in [3.05, 3.63) is 40.7 Å². The summed E-state index contributed by atoms with van der Waals surface area (Å²) >= 11 is 0. The van der Waals surface area contributed by atoms with E-state index in [2.05, 4.69) is 20.4 Å². The zero-order valence-corrected chi connectivity index (χ0v) is 8.97. The van der Waals surface area contributed by atoms with Gasteiger partial charge in [0.1, 0.15) is 11.6 Å². The van der Waals surface area contributed by atoms with E-state index in [0.29, 0.717) is 18.2 Å². The van der Waals surface area contributed by atoms with E-state index in [1.165, 1.54) is 6.07 Å². The average molecular weight is 219 g/mol. The van der Waals surface area contributed by atoms with Crippen molar-refractivity contribution in [3.63, 3.8) is 0 Å². The molecule has 0 aromatic carbocycles. The molecule has 0 aliphatic rings. The molecule has 6 heteroatoms. The zero-order valence-electron chi connectivity index (χ0n) is 8.97. The van der Waals surface area contributed by atoms with Gasteiger partial charge in [-0.3, -0.25) is 9.48 Å². The number of rotatable bonds is 4. The number of hydrogen-bond acceptors (Lipinski definition) is 4. The standard InChI is InChI=1S/C10H13N5O/c1-8-13-9(7-10(16)14-8)11-4-6-15-5-2-3-12-15/h2-3,5,7H,4,6H2,1H3,(H2,11,13,14,16). The van der Waals surface area contributed by atoms with Crippen molar-refractivity contribution in [2.75, 3.05) is 11.9 Å². The van der Waals surface area contributed by atoms with Crippen LogP contribution in [0.4, 0.5) is 5.82 Å². The molecule has 0 fully saturated rings. The largest absolute Gasteiger partial charge is 0.368 e. The Morgan fingerprint density at radius 1 is 1.56 bits per heavy atom. The number of aryl methyl sites for hydroxylation is 1. The minimum Gasteiger partial charge on any atom is -0.368 e. The van der Waals surface area contributed by atoms with E-state index < -0.39 is 0 Å². The molecular weight excluding hydrogens is 206 g/mol. The lowest BCUT2D eigenvalue weighted by Gasteiger charge is -2.05. The van der Waals surface area contributed by atoms with Gasteiger partial charge in [0, 0.05) is 25.0 Å². The quantitative estimate of drug-likeness (QED) is 0.779. The van der Waals surface area contributed by atoms with Crippen LogP contribution in [0.3, 0.4) is 0 Å². The summed E-state index contributed by atoms with van der Waals surface area (Å²) < 4.78 is 1.81. The van der Waals surface area contributed by atoms with Crippen molar-refractivity contribution in [1.29, 1.82) is 0 Å². The molecule has 2 rings (SSSR count). The molecule has 2 N–H and O–H groups in total. The van der Waals surface area contributed by atoms with Gasteiger partial charge in [-0.05, 0) is 13.0 Å². The number of H-pyrrole nitrogens is 1. The molecule has 0 aliphatic heterocycles. The van der Waals surface area contributed by atoms with Gasteiger partial charge in [0.2, 0.25) is 0 Å². The van der Waals surface area contributed by atoms with Crippen molar-refractivity contribution >= 4 is 5.82 Å². The molecule has 0 aliphatic carbocycles. The highest BCUT2D eigenvalue weighted by atomic mass is 16.1. The van der Waals surface area contributed by atoms with E-state index >= 15 is 0 Å². The van der Waals surface area contributed by atoms with Crippen molar-refractivity contribution < 1.29 is 0 Å². The average Bonchev–Trinajstić information content (AvgIpc) is 2.69. The van der Waals surface area contributed by atoms with Crippen molar-refractivity contribution in [3.8, 4) is 0 Å². The minimum atomic E-state index is -0.144. The molecule has 0 saturated carbocycles. The predicted octanol–water partition coefficient (Wildman–Crippen LogP) is 0.387. The first-order valence-electron chi connectivity index (χ1n) is 5.03. The smallest absolute Gasteiger partial charge is 0.252 e. The first-order valence-corrected chi connectivity index (χ1v) is 5.03. The van der Waals surface area contributed by atoms with Gasteiger partial charge in [0.05, 0.1) is 6.54 Å². The number of aromatic amines is 1. The summed E-state index contributed by atoms with van der Waals surface area (Å²) in [5.41, 5.74) is -0.144. The Morgan fingerprint density at radius 2 is 2.44 bits per heavy atom. The van der Waals surface area contributed by atoms with Crippen molar-refractivity contribution in [1.82, 2.24) is 19.7 Å². The maximum absolute atomic E-state index is 11.1. The van der Waals surface area contributed by atoms with Crippen LogP contribution >= 0.6 is 0 Å². The Balaban J connectivity index is 1.92. The van der Waals surface area contributed by atoms with Crippen molar-refractivity contribution in [2.24, 2.45) is 0 Å². The lowest BCUT2D eigenvalue weighted by atomic mass is 10.5. The Bertz CT molecular complexity index is 502. The van der Waals surface area contributed by atoms with Gasteiger partial charge in [0.25, 0.3) is 5.56 Å². The molecule has 16 heavy (non-hydrogen) atoms. The molecule has 2 heterocycles. The van der Waals surface area contributed by atoms with E-state index in [9.17, 15) is 4.79 Å². The van der Waals surface area contributed by atoms with Crippen LogP contribution in [0.5, 0.6) is 0 Å². The van der Waals surface area contributed by atoms with Crippen LogP contribution in [0.2, 0.25) is 0 Å². The van der Waals surface area contributed by atoms with Crippen LogP contribution in [-0.2, 0) is 6.54 Å². The topological polar surface area (TPSA) is 75.6 Å². The number of aromatic nitrogens is 4. The van der Waals surface area contributed by atoms with Crippen LogP contribution in [0.25, 0.3) is 0 Å². The Kier molecular flexibility index (Phi) is 3.00. The molecule has 84 valence electrons. The SMILES string of the molecule is Cc1nc(NCCn2cccn2)cc(=O)[nH]1. The molecule has 0 spiro atoms. The zero-order chi connectivity index (χ0) is 11.4. The summed E-state index contributed by atoms with van der Waals surface area (Å²) in [6.07, 6.45) is 3.62. The Morgan fingerprint density at radius 3 is 3.12 bits per heavy atom. The molecule has 0 atom stereocenters. The van der Waals surface area contributed by atoms with Crippen LogP contribution in [0.1, 0.15) is 5.82 Å². The van der Waals surface area contributed by atoms with E-state index in [1.54, 1.807) is 13.1 Å². The van der Waals surface area contributed by atoms with Gasteiger partial charge in [-0.15, -0.1) is 0 Å². The van der Waals surface area contributed by atoms with Gasteiger partial charge in [-0.25, -0.2) is 4.98 Å². The number of hydrogen-bond donors (Lipinski definition) is 2. The highest BCUT2D eigenvalue weighted by Gasteiger charge is 1.97.